The number of hydrogen-bond donors (Lipinski definition) is 1. The number of aromatic nitrogens is 2. The molecule has 2 aromatic heterocycles. The van der Waals surface area contributed by atoms with E-state index in [9.17, 15) is 0 Å². The zero-order valence-electron chi connectivity index (χ0n) is 17.0. The van der Waals surface area contributed by atoms with Gasteiger partial charge in [-0.25, -0.2) is 4.98 Å². The summed E-state index contributed by atoms with van der Waals surface area (Å²) in [4.78, 5) is 14.2. The maximum atomic E-state index is 5.75. The number of nitrogens with zero attached hydrogens (tertiary/aromatic N) is 5. The van der Waals surface area contributed by atoms with Crippen molar-refractivity contribution >= 4 is 22.6 Å². The van der Waals surface area contributed by atoms with Gasteiger partial charge in [-0.1, -0.05) is 6.92 Å². The van der Waals surface area contributed by atoms with E-state index in [0.29, 0.717) is 0 Å². The number of ether oxygens (including phenoxy) is 1. The number of piperazine rings is 1. The van der Waals surface area contributed by atoms with Gasteiger partial charge < -0.3 is 24.3 Å². The summed E-state index contributed by atoms with van der Waals surface area (Å²) in [7, 11) is 0. The maximum absolute atomic E-state index is 5.75. The van der Waals surface area contributed by atoms with Crippen LogP contribution >= 0.6 is 11.5 Å². The summed E-state index contributed by atoms with van der Waals surface area (Å²) in [6.07, 6.45) is 5.95. The van der Waals surface area contributed by atoms with Crippen LogP contribution in [0.4, 0.5) is 5.13 Å². The van der Waals surface area contributed by atoms with E-state index in [4.69, 9.17) is 14.1 Å². The largest absolute Gasteiger partial charge is 0.469 e. The number of anilines is 1. The van der Waals surface area contributed by atoms with E-state index in [1.54, 1.807) is 6.26 Å². The van der Waals surface area contributed by atoms with E-state index in [-0.39, 0.29) is 6.10 Å². The van der Waals surface area contributed by atoms with Crippen LogP contribution in [0.25, 0.3) is 0 Å². The first-order valence-corrected chi connectivity index (χ1v) is 11.3. The number of nitrogens with one attached hydrogen (secondary N) is 1. The summed E-state index contributed by atoms with van der Waals surface area (Å²) in [5.41, 5.74) is 0. The van der Waals surface area contributed by atoms with Gasteiger partial charge in [0.25, 0.3) is 0 Å². The molecule has 2 aromatic rings. The minimum atomic E-state index is 0.257. The molecule has 4 rings (SSSR count). The zero-order chi connectivity index (χ0) is 19.9. The van der Waals surface area contributed by atoms with E-state index < -0.39 is 0 Å². The molecule has 0 amide bonds. The van der Waals surface area contributed by atoms with Crippen molar-refractivity contribution in [2.75, 3.05) is 50.8 Å². The average molecular weight is 419 g/mol. The Morgan fingerprint density at radius 1 is 1.34 bits per heavy atom. The van der Waals surface area contributed by atoms with Gasteiger partial charge in [0.1, 0.15) is 11.6 Å². The van der Waals surface area contributed by atoms with Crippen molar-refractivity contribution < 1.29 is 9.15 Å². The zero-order valence-corrected chi connectivity index (χ0v) is 17.9. The Labute approximate surface area is 176 Å². The van der Waals surface area contributed by atoms with Crippen molar-refractivity contribution in [2.24, 2.45) is 4.99 Å². The molecule has 8 nitrogen and oxygen atoms in total. The van der Waals surface area contributed by atoms with Crippen molar-refractivity contribution in [3.05, 3.63) is 30.0 Å². The number of furan rings is 1. The quantitative estimate of drug-likeness (QED) is 0.545. The molecule has 1 unspecified atom stereocenters. The highest BCUT2D eigenvalue weighted by Crippen LogP contribution is 2.19. The van der Waals surface area contributed by atoms with Crippen LogP contribution in [-0.4, -0.2) is 72.2 Å². The molecule has 2 fully saturated rings. The molecule has 0 aromatic carbocycles. The Balaban J connectivity index is 1.34. The fourth-order valence-electron chi connectivity index (χ4n) is 3.62. The molecule has 1 N–H and O–H groups in total. The molecule has 0 aliphatic carbocycles. The fourth-order valence-corrected chi connectivity index (χ4v) is 4.42. The molecular weight excluding hydrogens is 388 g/mol. The van der Waals surface area contributed by atoms with Crippen LogP contribution in [0.2, 0.25) is 0 Å². The van der Waals surface area contributed by atoms with E-state index in [1.807, 2.05) is 12.1 Å². The standard InChI is InChI=1S/C20H30N6O2S/c1-2-18-23-20(29-24-18)26-11-9-25(10-12-26)19(22-15-17-6-4-14-28-17)21-8-7-16-5-3-13-27-16/h3,5,13,17H,2,4,6-12,14-15H2,1H3,(H,21,22). The third-order valence-electron chi connectivity index (χ3n) is 5.33. The molecule has 4 heterocycles. The molecule has 0 spiro atoms. The second-order valence-corrected chi connectivity index (χ2v) is 8.11. The predicted octanol–water partition coefficient (Wildman–Crippen LogP) is 2.18. The van der Waals surface area contributed by atoms with Gasteiger partial charge >= 0.3 is 0 Å². The van der Waals surface area contributed by atoms with Crippen LogP contribution in [0.3, 0.4) is 0 Å². The van der Waals surface area contributed by atoms with Gasteiger partial charge in [0, 0.05) is 63.7 Å². The summed E-state index contributed by atoms with van der Waals surface area (Å²) in [5, 5.41) is 4.57. The van der Waals surface area contributed by atoms with Gasteiger partial charge in [-0.05, 0) is 25.0 Å². The van der Waals surface area contributed by atoms with Gasteiger partial charge in [0.15, 0.2) is 5.96 Å². The highest BCUT2D eigenvalue weighted by Gasteiger charge is 2.23. The highest BCUT2D eigenvalue weighted by atomic mass is 32.1. The normalized spacial score (nSPS) is 20.4. The van der Waals surface area contributed by atoms with Crippen molar-refractivity contribution in [2.45, 2.75) is 38.7 Å². The van der Waals surface area contributed by atoms with Gasteiger partial charge in [-0.15, -0.1) is 0 Å². The average Bonchev–Trinajstić information content (AvgIpc) is 3.53. The second kappa shape index (κ2) is 10.1. The lowest BCUT2D eigenvalue weighted by molar-refractivity contribution is 0.117. The Morgan fingerprint density at radius 2 is 2.24 bits per heavy atom. The molecular formula is C20H30N6O2S. The van der Waals surface area contributed by atoms with Crippen LogP contribution in [0.15, 0.2) is 27.8 Å². The highest BCUT2D eigenvalue weighted by molar-refractivity contribution is 7.09. The number of guanidine groups is 1. The third-order valence-corrected chi connectivity index (χ3v) is 6.14. The number of rotatable bonds is 7. The Hall–Kier alpha value is -2.13. The third kappa shape index (κ3) is 5.48. The monoisotopic (exact) mass is 418 g/mol. The molecule has 29 heavy (non-hydrogen) atoms. The fraction of sp³-hybridized carbons (Fsp3) is 0.650. The number of aliphatic imine (C=N–C) groups is 1. The Kier molecular flexibility index (Phi) is 7.00. The maximum Gasteiger partial charge on any atom is 0.205 e. The van der Waals surface area contributed by atoms with E-state index >= 15 is 0 Å². The lowest BCUT2D eigenvalue weighted by Gasteiger charge is -2.36. The predicted molar refractivity (Wildman–Crippen MR) is 115 cm³/mol. The van der Waals surface area contributed by atoms with E-state index in [2.05, 4.69) is 31.4 Å². The SMILES string of the molecule is CCc1nsc(N2CCN(C(=NCC3CCCO3)NCCc3ccco3)CC2)n1. The van der Waals surface area contributed by atoms with Crippen LogP contribution in [0.5, 0.6) is 0 Å². The van der Waals surface area contributed by atoms with Gasteiger partial charge in [-0.2, -0.15) is 4.37 Å². The first kappa shape index (κ1) is 20.2. The lowest BCUT2D eigenvalue weighted by atomic mass is 10.2. The first-order valence-electron chi connectivity index (χ1n) is 10.6. The van der Waals surface area contributed by atoms with Crippen molar-refractivity contribution in [3.63, 3.8) is 0 Å². The molecule has 158 valence electrons. The molecule has 0 saturated carbocycles. The van der Waals surface area contributed by atoms with Crippen LogP contribution in [-0.2, 0) is 17.6 Å². The first-order chi connectivity index (χ1) is 14.3. The van der Waals surface area contributed by atoms with Crippen molar-refractivity contribution in [3.8, 4) is 0 Å². The van der Waals surface area contributed by atoms with Gasteiger partial charge in [0.2, 0.25) is 5.13 Å². The molecule has 9 heteroatoms. The smallest absolute Gasteiger partial charge is 0.205 e. The van der Waals surface area contributed by atoms with Gasteiger partial charge in [0.05, 0.1) is 18.9 Å². The molecule has 0 radical (unpaired) electrons. The lowest BCUT2D eigenvalue weighted by Crippen LogP contribution is -2.53. The van der Waals surface area contributed by atoms with Crippen LogP contribution in [0.1, 0.15) is 31.4 Å². The second-order valence-electron chi connectivity index (χ2n) is 7.38. The minimum Gasteiger partial charge on any atom is -0.469 e. The van der Waals surface area contributed by atoms with E-state index in [1.165, 1.54) is 11.5 Å². The summed E-state index contributed by atoms with van der Waals surface area (Å²) in [6.45, 7) is 8.16. The minimum absolute atomic E-state index is 0.257. The summed E-state index contributed by atoms with van der Waals surface area (Å²) in [6, 6.07) is 3.94. The topological polar surface area (TPSA) is 79.0 Å². The van der Waals surface area contributed by atoms with Crippen molar-refractivity contribution in [1.29, 1.82) is 0 Å². The summed E-state index contributed by atoms with van der Waals surface area (Å²) < 4.78 is 15.6. The number of hydrogen-bond acceptors (Lipinski definition) is 7. The Bertz CT molecular complexity index is 764. The summed E-state index contributed by atoms with van der Waals surface area (Å²) >= 11 is 1.50. The van der Waals surface area contributed by atoms with Crippen molar-refractivity contribution in [1.82, 2.24) is 19.6 Å². The number of aryl methyl sites for hydroxylation is 1. The van der Waals surface area contributed by atoms with Crippen LogP contribution < -0.4 is 10.2 Å². The van der Waals surface area contributed by atoms with Gasteiger partial charge in [-0.3, -0.25) is 4.99 Å². The van der Waals surface area contributed by atoms with E-state index in [0.717, 1.165) is 94.2 Å². The molecule has 1 atom stereocenters. The molecule has 0 bridgehead atoms. The molecule has 2 saturated heterocycles. The summed E-state index contributed by atoms with van der Waals surface area (Å²) in [5.74, 6) is 2.90. The molecule has 2 aliphatic rings. The molecule has 2 aliphatic heterocycles. The van der Waals surface area contributed by atoms with Crippen LogP contribution in [0, 0.1) is 0 Å². The Morgan fingerprint density at radius 3 is 2.93 bits per heavy atom.